The van der Waals surface area contributed by atoms with Gasteiger partial charge in [0.25, 0.3) is 0 Å². The molecule has 7 nitrogen and oxygen atoms in total. The number of barbiturate groups is 1. The van der Waals surface area contributed by atoms with Gasteiger partial charge in [-0.3, -0.25) is 20.2 Å². The lowest BCUT2D eigenvalue weighted by molar-refractivity contribution is -0.146. The Balaban J connectivity index is 1.48. The second-order valence-electron chi connectivity index (χ2n) is 7.60. The molecule has 164 valence electrons. The summed E-state index contributed by atoms with van der Waals surface area (Å²) < 4.78 is 11.4. The number of amides is 4. The Morgan fingerprint density at radius 1 is 0.645 bits per heavy atom. The van der Waals surface area contributed by atoms with Gasteiger partial charge in [0.15, 0.2) is 0 Å². The molecule has 1 aliphatic heterocycles. The minimum Gasteiger partial charge on any atom is -0.377 e. The van der Waals surface area contributed by atoms with Crippen LogP contribution in [0.25, 0.3) is 0 Å². The van der Waals surface area contributed by atoms with Crippen molar-refractivity contribution in [3.63, 3.8) is 0 Å². The fourth-order valence-electron chi connectivity index (χ4n) is 3.64. The van der Waals surface area contributed by atoms with E-state index in [-0.39, 0.29) is 0 Å². The molecule has 2 aromatic rings. The van der Waals surface area contributed by atoms with Crippen LogP contribution >= 0.6 is 0 Å². The molecule has 0 aromatic heterocycles. The molecule has 0 spiro atoms. The standard InChI is InChI=1S/C24H28N2O5/c27-21-24(22(28)26-23(29)25-21,13-7-15-30-17-19-9-3-1-4-10-19)14-8-16-31-18-20-11-5-2-6-12-20/h1-6,9-12H,7-8,13-18H2,(H2,25,26,27,28,29). The third-order valence-electron chi connectivity index (χ3n) is 5.33. The molecule has 1 heterocycles. The summed E-state index contributed by atoms with van der Waals surface area (Å²) in [5, 5.41) is 4.49. The Hall–Kier alpha value is -3.03. The lowest BCUT2D eigenvalue weighted by Crippen LogP contribution is -2.62. The molecule has 4 amide bonds. The van der Waals surface area contributed by atoms with Gasteiger partial charge in [-0.25, -0.2) is 4.79 Å². The maximum absolute atomic E-state index is 12.6. The van der Waals surface area contributed by atoms with E-state index in [0.29, 0.717) is 52.1 Å². The lowest BCUT2D eigenvalue weighted by Gasteiger charge is -2.34. The highest BCUT2D eigenvalue weighted by atomic mass is 16.5. The average molecular weight is 424 g/mol. The summed E-state index contributed by atoms with van der Waals surface area (Å²) in [6.45, 7) is 1.77. The zero-order valence-corrected chi connectivity index (χ0v) is 17.5. The fraction of sp³-hybridized carbons (Fsp3) is 0.375. The molecule has 0 aliphatic carbocycles. The summed E-state index contributed by atoms with van der Waals surface area (Å²) in [6, 6.07) is 18.8. The first-order valence-corrected chi connectivity index (χ1v) is 10.5. The number of nitrogens with one attached hydrogen (secondary N) is 2. The van der Waals surface area contributed by atoms with E-state index in [1.165, 1.54) is 0 Å². The Morgan fingerprint density at radius 3 is 1.48 bits per heavy atom. The highest BCUT2D eigenvalue weighted by Gasteiger charge is 2.49. The van der Waals surface area contributed by atoms with Gasteiger partial charge in [0, 0.05) is 13.2 Å². The smallest absolute Gasteiger partial charge is 0.328 e. The summed E-state index contributed by atoms with van der Waals surface area (Å²) in [4.78, 5) is 36.8. The first-order chi connectivity index (χ1) is 15.1. The molecular formula is C24H28N2O5. The molecule has 1 saturated heterocycles. The predicted molar refractivity (Wildman–Crippen MR) is 115 cm³/mol. The molecule has 0 unspecified atom stereocenters. The third kappa shape index (κ3) is 6.47. The van der Waals surface area contributed by atoms with Crippen LogP contribution in [0.1, 0.15) is 36.8 Å². The van der Waals surface area contributed by atoms with Crippen molar-refractivity contribution in [1.29, 1.82) is 0 Å². The number of carbonyl (C=O) groups excluding carboxylic acids is 3. The Kier molecular flexibility index (Phi) is 8.32. The summed E-state index contributed by atoms with van der Waals surface area (Å²) in [6.07, 6.45) is 1.64. The van der Waals surface area contributed by atoms with E-state index in [1.54, 1.807) is 0 Å². The number of benzene rings is 2. The van der Waals surface area contributed by atoms with Crippen LogP contribution in [0.4, 0.5) is 4.79 Å². The highest BCUT2D eigenvalue weighted by Crippen LogP contribution is 2.32. The first kappa shape index (κ1) is 22.7. The highest BCUT2D eigenvalue weighted by molar-refractivity contribution is 6.19. The molecule has 31 heavy (non-hydrogen) atoms. The van der Waals surface area contributed by atoms with Gasteiger partial charge >= 0.3 is 6.03 Å². The van der Waals surface area contributed by atoms with Crippen molar-refractivity contribution in [3.8, 4) is 0 Å². The number of ether oxygens (including phenoxy) is 2. The summed E-state index contributed by atoms with van der Waals surface area (Å²) in [5.74, 6) is -1.10. The quantitative estimate of drug-likeness (QED) is 0.403. The van der Waals surface area contributed by atoms with Crippen molar-refractivity contribution in [2.45, 2.75) is 38.9 Å². The minimum atomic E-state index is -1.29. The SMILES string of the molecule is O=C1NC(=O)C(CCCOCc2ccccc2)(CCCOCc2ccccc2)C(=O)N1. The van der Waals surface area contributed by atoms with E-state index in [2.05, 4.69) is 10.6 Å². The topological polar surface area (TPSA) is 93.7 Å². The molecule has 3 rings (SSSR count). The van der Waals surface area contributed by atoms with E-state index < -0.39 is 23.3 Å². The summed E-state index contributed by atoms with van der Waals surface area (Å²) >= 11 is 0. The van der Waals surface area contributed by atoms with Crippen molar-refractivity contribution < 1.29 is 23.9 Å². The molecular weight excluding hydrogens is 396 g/mol. The van der Waals surface area contributed by atoms with Gasteiger partial charge in [-0.1, -0.05) is 60.7 Å². The molecule has 1 fully saturated rings. The molecule has 1 aliphatic rings. The zero-order chi connectivity index (χ0) is 21.9. The van der Waals surface area contributed by atoms with Crippen molar-refractivity contribution in [3.05, 3.63) is 71.8 Å². The maximum atomic E-state index is 12.6. The van der Waals surface area contributed by atoms with Crippen LogP contribution < -0.4 is 10.6 Å². The van der Waals surface area contributed by atoms with Gasteiger partial charge in [-0.15, -0.1) is 0 Å². The van der Waals surface area contributed by atoms with Crippen LogP contribution in [0.5, 0.6) is 0 Å². The Morgan fingerprint density at radius 2 is 1.06 bits per heavy atom. The van der Waals surface area contributed by atoms with E-state index in [1.807, 2.05) is 60.7 Å². The second kappa shape index (κ2) is 11.4. The van der Waals surface area contributed by atoms with E-state index in [4.69, 9.17) is 9.47 Å². The molecule has 0 atom stereocenters. The van der Waals surface area contributed by atoms with Crippen molar-refractivity contribution >= 4 is 17.8 Å². The molecule has 2 N–H and O–H groups in total. The van der Waals surface area contributed by atoms with Gasteiger partial charge in [-0.2, -0.15) is 0 Å². The number of carbonyl (C=O) groups is 3. The summed E-state index contributed by atoms with van der Waals surface area (Å²) in [5.41, 5.74) is 0.832. The zero-order valence-electron chi connectivity index (χ0n) is 17.5. The normalized spacial score (nSPS) is 15.4. The van der Waals surface area contributed by atoms with Gasteiger partial charge < -0.3 is 9.47 Å². The van der Waals surface area contributed by atoms with Crippen LogP contribution in [0, 0.1) is 5.41 Å². The fourth-order valence-corrected chi connectivity index (χ4v) is 3.64. The Bertz CT molecular complexity index is 799. The van der Waals surface area contributed by atoms with Gasteiger partial charge in [0.1, 0.15) is 5.41 Å². The molecule has 2 aromatic carbocycles. The van der Waals surface area contributed by atoms with Gasteiger partial charge in [0.05, 0.1) is 13.2 Å². The van der Waals surface area contributed by atoms with E-state index >= 15 is 0 Å². The lowest BCUT2D eigenvalue weighted by atomic mass is 9.76. The summed E-state index contributed by atoms with van der Waals surface area (Å²) in [7, 11) is 0. The van der Waals surface area contributed by atoms with Gasteiger partial charge in [0.2, 0.25) is 11.8 Å². The molecule has 0 bridgehead atoms. The molecule has 0 radical (unpaired) electrons. The largest absolute Gasteiger partial charge is 0.377 e. The number of urea groups is 1. The van der Waals surface area contributed by atoms with Crippen LogP contribution in [0.3, 0.4) is 0 Å². The van der Waals surface area contributed by atoms with Crippen LogP contribution in [0.15, 0.2) is 60.7 Å². The van der Waals surface area contributed by atoms with Crippen LogP contribution in [-0.4, -0.2) is 31.1 Å². The first-order valence-electron chi connectivity index (χ1n) is 10.5. The monoisotopic (exact) mass is 424 g/mol. The molecule has 0 saturated carbocycles. The van der Waals surface area contributed by atoms with Crippen molar-refractivity contribution in [2.75, 3.05) is 13.2 Å². The van der Waals surface area contributed by atoms with Crippen molar-refractivity contribution in [2.24, 2.45) is 5.41 Å². The van der Waals surface area contributed by atoms with E-state index in [9.17, 15) is 14.4 Å². The second-order valence-corrected chi connectivity index (χ2v) is 7.60. The maximum Gasteiger partial charge on any atom is 0.328 e. The number of hydrogen-bond donors (Lipinski definition) is 2. The Labute approximate surface area is 182 Å². The van der Waals surface area contributed by atoms with Gasteiger partial charge in [-0.05, 0) is 36.8 Å². The number of rotatable bonds is 12. The van der Waals surface area contributed by atoms with Crippen LogP contribution in [0.2, 0.25) is 0 Å². The minimum absolute atomic E-state index is 0.297. The van der Waals surface area contributed by atoms with E-state index in [0.717, 1.165) is 11.1 Å². The third-order valence-corrected chi connectivity index (χ3v) is 5.33. The predicted octanol–water partition coefficient (Wildman–Crippen LogP) is 3.33. The number of hydrogen-bond acceptors (Lipinski definition) is 5. The van der Waals surface area contributed by atoms with Crippen molar-refractivity contribution in [1.82, 2.24) is 10.6 Å². The molecule has 7 heteroatoms. The number of imide groups is 2. The van der Waals surface area contributed by atoms with Crippen LogP contribution in [-0.2, 0) is 32.3 Å². The average Bonchev–Trinajstić information content (AvgIpc) is 2.77.